The topological polar surface area (TPSA) is 30.5 Å². The van der Waals surface area contributed by atoms with E-state index in [9.17, 15) is 13.2 Å². The molecule has 0 fully saturated rings. The van der Waals surface area contributed by atoms with Crippen LogP contribution in [0.3, 0.4) is 0 Å². The van der Waals surface area contributed by atoms with E-state index in [4.69, 9.17) is 4.74 Å². The van der Waals surface area contributed by atoms with E-state index in [-0.39, 0.29) is 12.6 Å². The van der Waals surface area contributed by atoms with Gasteiger partial charge in [-0.15, -0.1) is 0 Å². The van der Waals surface area contributed by atoms with Crippen LogP contribution in [0, 0.1) is 0 Å². The first-order chi connectivity index (χ1) is 8.92. The Morgan fingerprint density at radius 2 is 1.84 bits per heavy atom. The Bertz CT molecular complexity index is 365. The summed E-state index contributed by atoms with van der Waals surface area (Å²) in [5.41, 5.74) is 1.04. The Morgan fingerprint density at radius 1 is 1.21 bits per heavy atom. The zero-order valence-electron chi connectivity index (χ0n) is 11.0. The summed E-state index contributed by atoms with van der Waals surface area (Å²) in [7, 11) is 1.59. The van der Waals surface area contributed by atoms with Gasteiger partial charge in [-0.3, -0.25) is 0 Å². The van der Waals surface area contributed by atoms with E-state index in [2.05, 4.69) is 10.1 Å². The van der Waals surface area contributed by atoms with Crippen molar-refractivity contribution in [3.05, 3.63) is 29.8 Å². The van der Waals surface area contributed by atoms with Crippen LogP contribution in [-0.2, 0) is 4.74 Å². The highest BCUT2D eigenvalue weighted by Crippen LogP contribution is 2.17. The number of hydrogen-bond donors (Lipinski definition) is 1. The number of nitrogens with one attached hydrogen (secondary N) is 1. The Labute approximate surface area is 110 Å². The van der Waals surface area contributed by atoms with Gasteiger partial charge in [0.2, 0.25) is 0 Å². The molecule has 0 bridgehead atoms. The van der Waals surface area contributed by atoms with Gasteiger partial charge in [0.25, 0.3) is 0 Å². The average Bonchev–Trinajstić information content (AvgIpc) is 2.37. The Balaban J connectivity index is 2.25. The van der Waals surface area contributed by atoms with Crippen LogP contribution < -0.4 is 10.1 Å². The molecule has 19 heavy (non-hydrogen) atoms. The normalized spacial score (nSPS) is 13.3. The second kappa shape index (κ2) is 7.35. The highest BCUT2D eigenvalue weighted by Gasteiger charge is 2.27. The smallest absolute Gasteiger partial charge is 0.411 e. The molecule has 0 aliphatic heterocycles. The van der Waals surface area contributed by atoms with Crippen molar-refractivity contribution in [3.63, 3.8) is 0 Å². The van der Waals surface area contributed by atoms with E-state index in [0.717, 1.165) is 11.3 Å². The zero-order valence-corrected chi connectivity index (χ0v) is 11.0. The van der Waals surface area contributed by atoms with E-state index in [0.29, 0.717) is 6.54 Å². The highest BCUT2D eigenvalue weighted by molar-refractivity contribution is 5.28. The van der Waals surface area contributed by atoms with Crippen LogP contribution >= 0.6 is 0 Å². The average molecular weight is 277 g/mol. The van der Waals surface area contributed by atoms with Crippen molar-refractivity contribution in [1.29, 1.82) is 0 Å². The maximum absolute atomic E-state index is 11.8. The maximum Gasteiger partial charge on any atom is 0.411 e. The molecule has 1 atom stereocenters. The van der Waals surface area contributed by atoms with Crippen LogP contribution in [0.1, 0.15) is 18.5 Å². The molecule has 1 aromatic carbocycles. The number of hydrogen-bond acceptors (Lipinski definition) is 3. The van der Waals surface area contributed by atoms with Crippen LogP contribution in [0.4, 0.5) is 13.2 Å². The predicted octanol–water partition coefficient (Wildman–Crippen LogP) is 2.92. The molecular weight excluding hydrogens is 259 g/mol. The minimum absolute atomic E-state index is 0.0278. The summed E-state index contributed by atoms with van der Waals surface area (Å²) in [6, 6.07) is 7.54. The number of alkyl halides is 3. The fraction of sp³-hybridized carbons (Fsp3) is 0.538. The summed E-state index contributed by atoms with van der Waals surface area (Å²) in [4.78, 5) is 0. The van der Waals surface area contributed by atoms with E-state index in [1.54, 1.807) is 7.11 Å². The fourth-order valence-corrected chi connectivity index (χ4v) is 1.55. The molecule has 3 nitrogen and oxygen atoms in total. The molecular formula is C13H18F3NO2. The van der Waals surface area contributed by atoms with Crippen LogP contribution in [0.5, 0.6) is 5.75 Å². The lowest BCUT2D eigenvalue weighted by Crippen LogP contribution is -2.25. The van der Waals surface area contributed by atoms with Crippen molar-refractivity contribution in [2.45, 2.75) is 19.1 Å². The molecule has 0 saturated heterocycles. The van der Waals surface area contributed by atoms with Crippen LogP contribution in [0.25, 0.3) is 0 Å². The van der Waals surface area contributed by atoms with E-state index >= 15 is 0 Å². The van der Waals surface area contributed by atoms with Gasteiger partial charge in [-0.1, -0.05) is 12.1 Å². The Hall–Kier alpha value is -1.27. The van der Waals surface area contributed by atoms with Gasteiger partial charge in [0.05, 0.1) is 13.7 Å². The molecule has 0 aliphatic rings. The van der Waals surface area contributed by atoms with Gasteiger partial charge in [-0.2, -0.15) is 13.2 Å². The molecule has 1 rings (SSSR count). The quantitative estimate of drug-likeness (QED) is 0.777. The zero-order chi connectivity index (χ0) is 14.3. The molecule has 0 unspecified atom stereocenters. The van der Waals surface area contributed by atoms with Gasteiger partial charge in [0.1, 0.15) is 12.4 Å². The lowest BCUT2D eigenvalue weighted by molar-refractivity contribution is -0.173. The lowest BCUT2D eigenvalue weighted by atomic mass is 10.1. The summed E-state index contributed by atoms with van der Waals surface area (Å²) in [5.74, 6) is 0.768. The van der Waals surface area contributed by atoms with Gasteiger partial charge >= 0.3 is 6.18 Å². The second-order valence-electron chi connectivity index (χ2n) is 4.12. The molecule has 0 radical (unpaired) electrons. The third-order valence-corrected chi connectivity index (χ3v) is 2.58. The molecule has 1 aromatic rings. The van der Waals surface area contributed by atoms with Crippen molar-refractivity contribution >= 4 is 0 Å². The number of methoxy groups -OCH3 is 1. The molecule has 0 spiro atoms. The predicted molar refractivity (Wildman–Crippen MR) is 66.3 cm³/mol. The first-order valence-electron chi connectivity index (χ1n) is 5.94. The van der Waals surface area contributed by atoms with Gasteiger partial charge < -0.3 is 14.8 Å². The van der Waals surface area contributed by atoms with Crippen LogP contribution in [0.15, 0.2) is 24.3 Å². The Kier molecular flexibility index (Phi) is 6.11. The fourth-order valence-electron chi connectivity index (χ4n) is 1.55. The molecule has 0 saturated carbocycles. The molecule has 6 heteroatoms. The molecule has 108 valence electrons. The second-order valence-corrected chi connectivity index (χ2v) is 4.12. The van der Waals surface area contributed by atoms with E-state index < -0.39 is 12.8 Å². The number of ether oxygens (including phenoxy) is 2. The monoisotopic (exact) mass is 277 g/mol. The molecule has 0 aromatic heterocycles. The first kappa shape index (κ1) is 15.8. The molecule has 0 aliphatic carbocycles. The highest BCUT2D eigenvalue weighted by atomic mass is 19.4. The van der Waals surface area contributed by atoms with Crippen molar-refractivity contribution in [1.82, 2.24) is 5.32 Å². The molecule has 0 amide bonds. The summed E-state index contributed by atoms with van der Waals surface area (Å²) in [6.45, 7) is 1.13. The summed E-state index contributed by atoms with van der Waals surface area (Å²) in [6.07, 6.45) is -4.26. The number of rotatable bonds is 7. The van der Waals surface area contributed by atoms with Gasteiger partial charge in [-0.05, 0) is 24.6 Å². The third-order valence-electron chi connectivity index (χ3n) is 2.58. The van der Waals surface area contributed by atoms with E-state index in [1.807, 2.05) is 31.2 Å². The van der Waals surface area contributed by atoms with E-state index in [1.165, 1.54) is 0 Å². The van der Waals surface area contributed by atoms with Crippen molar-refractivity contribution in [3.8, 4) is 5.75 Å². The lowest BCUT2D eigenvalue weighted by Gasteiger charge is -2.15. The minimum atomic E-state index is -4.26. The Morgan fingerprint density at radius 3 is 2.37 bits per heavy atom. The molecule has 0 heterocycles. The molecule has 1 N–H and O–H groups in total. The van der Waals surface area contributed by atoms with Crippen LogP contribution in [-0.4, -0.2) is 33.0 Å². The van der Waals surface area contributed by atoms with Gasteiger partial charge in [-0.25, -0.2) is 0 Å². The number of halogens is 3. The van der Waals surface area contributed by atoms with Crippen molar-refractivity contribution < 1.29 is 22.6 Å². The minimum Gasteiger partial charge on any atom is -0.497 e. The van der Waals surface area contributed by atoms with Crippen LogP contribution in [0.2, 0.25) is 0 Å². The van der Waals surface area contributed by atoms with Gasteiger partial charge in [0, 0.05) is 12.6 Å². The standard InChI is InChI=1S/C13H18F3NO2/c1-10(11-3-5-12(18-2)6-4-11)17-7-8-19-9-13(14,15)16/h3-6,10,17H,7-9H2,1-2H3/t10-/m1/s1. The largest absolute Gasteiger partial charge is 0.497 e. The van der Waals surface area contributed by atoms with Crippen molar-refractivity contribution in [2.75, 3.05) is 26.9 Å². The number of benzene rings is 1. The first-order valence-corrected chi connectivity index (χ1v) is 5.94. The summed E-state index contributed by atoms with van der Waals surface area (Å²) >= 11 is 0. The van der Waals surface area contributed by atoms with Gasteiger partial charge in [0.15, 0.2) is 0 Å². The summed E-state index contributed by atoms with van der Waals surface area (Å²) in [5, 5.41) is 3.09. The SMILES string of the molecule is COc1ccc([C@@H](C)NCCOCC(F)(F)F)cc1. The summed E-state index contributed by atoms with van der Waals surface area (Å²) < 4.78 is 45.0. The third kappa shape index (κ3) is 6.45. The maximum atomic E-state index is 11.8. The van der Waals surface area contributed by atoms with Crippen molar-refractivity contribution in [2.24, 2.45) is 0 Å².